The monoisotopic (exact) mass is 630 g/mol. The van der Waals surface area contributed by atoms with E-state index >= 15 is 0 Å². The maximum atomic E-state index is 5.99. The van der Waals surface area contributed by atoms with Crippen LogP contribution in [0.1, 0.15) is 154 Å². The Bertz CT molecular complexity index is 1350. The summed E-state index contributed by atoms with van der Waals surface area (Å²) in [6.45, 7) is 8.92. The molecule has 4 aromatic carbocycles. The Balaban J connectivity index is 1.01. The van der Waals surface area contributed by atoms with E-state index in [4.69, 9.17) is 11.5 Å². The third kappa shape index (κ3) is 11.3. The molecule has 0 aliphatic heterocycles. The first-order chi connectivity index (χ1) is 22.9. The Morgan fingerprint density at radius 3 is 1.04 bits per heavy atom. The van der Waals surface area contributed by atoms with Gasteiger partial charge in [-0.15, -0.1) is 0 Å². The fourth-order valence-electron chi connectivity index (χ4n) is 7.53. The summed E-state index contributed by atoms with van der Waals surface area (Å²) in [4.78, 5) is 0. The third-order valence-corrected chi connectivity index (χ3v) is 10.4. The molecule has 0 heterocycles. The van der Waals surface area contributed by atoms with Crippen molar-refractivity contribution in [2.45, 2.75) is 136 Å². The van der Waals surface area contributed by atoms with Crippen LogP contribution in [0.5, 0.6) is 0 Å². The Morgan fingerprint density at radius 2 is 0.745 bits per heavy atom. The van der Waals surface area contributed by atoms with Crippen molar-refractivity contribution in [3.8, 4) is 0 Å². The predicted octanol–water partition coefficient (Wildman–Crippen LogP) is 12.6. The van der Waals surface area contributed by atoms with Crippen LogP contribution < -0.4 is 11.5 Å². The van der Waals surface area contributed by atoms with Gasteiger partial charge in [-0.2, -0.15) is 0 Å². The number of rotatable bonds is 20. The van der Waals surface area contributed by atoms with Gasteiger partial charge in [-0.3, -0.25) is 0 Å². The summed E-state index contributed by atoms with van der Waals surface area (Å²) in [5.74, 6) is 0.886. The zero-order valence-electron chi connectivity index (χ0n) is 30.0. The lowest BCUT2D eigenvalue weighted by Gasteiger charge is -2.19. The molecule has 252 valence electrons. The molecule has 0 aliphatic rings. The molecule has 2 nitrogen and oxygen atoms in total. The van der Waals surface area contributed by atoms with Gasteiger partial charge in [-0.25, -0.2) is 0 Å². The van der Waals surface area contributed by atoms with Gasteiger partial charge in [0, 0.05) is 23.2 Å². The zero-order chi connectivity index (χ0) is 33.4. The van der Waals surface area contributed by atoms with E-state index in [0.29, 0.717) is 11.8 Å². The third-order valence-electron chi connectivity index (χ3n) is 10.4. The van der Waals surface area contributed by atoms with Crippen LogP contribution in [0.4, 0.5) is 11.4 Å². The summed E-state index contributed by atoms with van der Waals surface area (Å²) >= 11 is 0. The number of hydrogen-bond acceptors (Lipinski definition) is 2. The Kier molecular flexibility index (Phi) is 14.9. The van der Waals surface area contributed by atoms with Gasteiger partial charge in [0.1, 0.15) is 0 Å². The van der Waals surface area contributed by atoms with Crippen molar-refractivity contribution >= 4 is 11.4 Å². The van der Waals surface area contributed by atoms with E-state index < -0.39 is 0 Å². The van der Waals surface area contributed by atoms with E-state index in [-0.39, 0.29) is 0 Å². The molecule has 4 rings (SSSR count). The molecule has 0 bridgehead atoms. The standard InChI is InChI=1S/C45H62N2/c1-5-42(44-30-28-40(46)32-34(44)3)38-24-20-36(21-25-38)18-16-14-12-10-8-7-9-11-13-15-17-19-37-22-26-39(27-23-37)43(6-2)45-31-29-41(47)33-35(45)4/h20-33,42-43H,5-19,46-47H2,1-4H3. The van der Waals surface area contributed by atoms with Crippen LogP contribution in [0, 0.1) is 13.8 Å². The lowest BCUT2D eigenvalue weighted by molar-refractivity contribution is 0.545. The van der Waals surface area contributed by atoms with Gasteiger partial charge >= 0.3 is 0 Å². The molecule has 0 radical (unpaired) electrons. The van der Waals surface area contributed by atoms with E-state index in [1.54, 1.807) is 0 Å². The molecule has 0 aliphatic carbocycles. The van der Waals surface area contributed by atoms with Gasteiger partial charge in [-0.05, 0) is 121 Å². The van der Waals surface area contributed by atoms with E-state index in [1.165, 1.54) is 128 Å². The van der Waals surface area contributed by atoms with Crippen LogP contribution in [-0.4, -0.2) is 0 Å². The van der Waals surface area contributed by atoms with Crippen LogP contribution >= 0.6 is 0 Å². The molecule has 2 atom stereocenters. The first-order valence-electron chi connectivity index (χ1n) is 18.8. The van der Waals surface area contributed by atoms with Crippen molar-refractivity contribution in [1.82, 2.24) is 0 Å². The van der Waals surface area contributed by atoms with Crippen molar-refractivity contribution in [2.24, 2.45) is 0 Å². The quantitative estimate of drug-likeness (QED) is 0.0754. The summed E-state index contributed by atoms with van der Waals surface area (Å²) in [7, 11) is 0. The number of nitrogens with two attached hydrogens (primary N) is 2. The lowest BCUT2D eigenvalue weighted by Crippen LogP contribution is -2.03. The number of aryl methyl sites for hydroxylation is 4. The Hall–Kier alpha value is -3.52. The molecule has 0 spiro atoms. The zero-order valence-corrected chi connectivity index (χ0v) is 30.0. The summed E-state index contributed by atoms with van der Waals surface area (Å²) in [6.07, 6.45) is 19.7. The van der Waals surface area contributed by atoms with Crippen LogP contribution in [0.15, 0.2) is 84.9 Å². The lowest BCUT2D eigenvalue weighted by atomic mass is 9.86. The van der Waals surface area contributed by atoms with Crippen LogP contribution in [0.2, 0.25) is 0 Å². The van der Waals surface area contributed by atoms with E-state index in [2.05, 4.69) is 100 Å². The molecule has 0 amide bonds. The molecular formula is C45H62N2. The summed E-state index contributed by atoms with van der Waals surface area (Å²) in [5, 5.41) is 0. The van der Waals surface area contributed by atoms with Gasteiger partial charge in [0.2, 0.25) is 0 Å². The smallest absolute Gasteiger partial charge is 0.0316 e. The number of hydrogen-bond donors (Lipinski definition) is 2. The minimum absolute atomic E-state index is 0.443. The highest BCUT2D eigenvalue weighted by molar-refractivity contribution is 5.49. The number of nitrogen functional groups attached to an aromatic ring is 2. The number of benzene rings is 4. The van der Waals surface area contributed by atoms with Gasteiger partial charge < -0.3 is 11.5 Å². The fourth-order valence-corrected chi connectivity index (χ4v) is 7.53. The van der Waals surface area contributed by atoms with Crippen molar-refractivity contribution < 1.29 is 0 Å². The normalized spacial score (nSPS) is 12.7. The molecule has 0 aromatic heterocycles. The summed E-state index contributed by atoms with van der Waals surface area (Å²) in [6, 6.07) is 31.5. The van der Waals surface area contributed by atoms with E-state index in [0.717, 1.165) is 24.2 Å². The highest BCUT2D eigenvalue weighted by Gasteiger charge is 2.16. The largest absolute Gasteiger partial charge is 0.399 e. The van der Waals surface area contributed by atoms with Crippen molar-refractivity contribution in [3.05, 3.63) is 129 Å². The maximum Gasteiger partial charge on any atom is 0.0316 e. The molecular weight excluding hydrogens is 569 g/mol. The topological polar surface area (TPSA) is 52.0 Å². The van der Waals surface area contributed by atoms with Gasteiger partial charge in [-0.1, -0.05) is 132 Å². The van der Waals surface area contributed by atoms with Crippen LogP contribution in [-0.2, 0) is 12.8 Å². The fraction of sp³-hybridized carbons (Fsp3) is 0.467. The molecule has 47 heavy (non-hydrogen) atoms. The average molecular weight is 631 g/mol. The molecule has 2 unspecified atom stereocenters. The van der Waals surface area contributed by atoms with Crippen LogP contribution in [0.25, 0.3) is 0 Å². The van der Waals surface area contributed by atoms with E-state index in [1.807, 2.05) is 12.1 Å². The number of unbranched alkanes of at least 4 members (excludes halogenated alkanes) is 10. The SMILES string of the molecule is CCC(c1ccc(CCCCCCCCCCCCCc2ccc(C(CC)c3ccc(N)cc3C)cc2)cc1)c1ccc(N)cc1C. The minimum Gasteiger partial charge on any atom is -0.399 e. The average Bonchev–Trinajstić information content (AvgIpc) is 3.07. The predicted molar refractivity (Wildman–Crippen MR) is 207 cm³/mol. The second kappa shape index (κ2) is 19.3. The highest BCUT2D eigenvalue weighted by atomic mass is 14.5. The highest BCUT2D eigenvalue weighted by Crippen LogP contribution is 2.33. The summed E-state index contributed by atoms with van der Waals surface area (Å²) < 4.78 is 0. The number of anilines is 2. The minimum atomic E-state index is 0.443. The Labute approximate surface area is 287 Å². The van der Waals surface area contributed by atoms with Crippen molar-refractivity contribution in [1.29, 1.82) is 0 Å². The van der Waals surface area contributed by atoms with Crippen molar-refractivity contribution in [3.63, 3.8) is 0 Å². The second-order valence-electron chi connectivity index (χ2n) is 14.0. The van der Waals surface area contributed by atoms with Gasteiger partial charge in [0.15, 0.2) is 0 Å². The molecule has 0 saturated carbocycles. The summed E-state index contributed by atoms with van der Waals surface area (Å²) in [5.41, 5.74) is 24.8. The first kappa shape index (κ1) is 36.3. The van der Waals surface area contributed by atoms with E-state index in [9.17, 15) is 0 Å². The molecule has 0 saturated heterocycles. The van der Waals surface area contributed by atoms with Crippen molar-refractivity contribution in [2.75, 3.05) is 11.5 Å². The Morgan fingerprint density at radius 1 is 0.426 bits per heavy atom. The molecule has 4 N–H and O–H groups in total. The maximum absolute atomic E-state index is 5.99. The van der Waals surface area contributed by atoms with Gasteiger partial charge in [0.25, 0.3) is 0 Å². The first-order valence-corrected chi connectivity index (χ1v) is 18.8. The van der Waals surface area contributed by atoms with Gasteiger partial charge in [0.05, 0.1) is 0 Å². The second-order valence-corrected chi connectivity index (χ2v) is 14.0. The molecule has 0 fully saturated rings. The molecule has 2 heteroatoms. The van der Waals surface area contributed by atoms with Crippen LogP contribution in [0.3, 0.4) is 0 Å². The molecule has 4 aromatic rings.